The van der Waals surface area contributed by atoms with E-state index >= 15 is 0 Å². The van der Waals surface area contributed by atoms with Crippen LogP contribution in [0.5, 0.6) is 0 Å². The minimum atomic E-state index is -0.339. The lowest BCUT2D eigenvalue weighted by atomic mass is 10.1. The molecule has 1 aliphatic rings. The Labute approximate surface area is 112 Å². The van der Waals surface area contributed by atoms with E-state index < -0.39 is 0 Å². The van der Waals surface area contributed by atoms with Crippen molar-refractivity contribution in [1.82, 2.24) is 0 Å². The highest BCUT2D eigenvalue weighted by Gasteiger charge is 2.21. The quantitative estimate of drug-likeness (QED) is 0.617. The molecule has 1 aromatic rings. The topological polar surface area (TPSA) is 46.6 Å². The van der Waals surface area contributed by atoms with Gasteiger partial charge in [-0.2, -0.15) is 0 Å². The van der Waals surface area contributed by atoms with Crippen LogP contribution in [0.15, 0.2) is 24.3 Å². The largest absolute Gasteiger partial charge is 0.463 e. The van der Waals surface area contributed by atoms with Crippen LogP contribution in [0.25, 0.3) is 6.08 Å². The highest BCUT2D eigenvalue weighted by molar-refractivity contribution is 5.94. The molecule has 0 aliphatic carbocycles. The molecule has 0 saturated heterocycles. The van der Waals surface area contributed by atoms with E-state index in [1.807, 2.05) is 18.2 Å². The molecular weight excluding hydrogens is 242 g/mol. The van der Waals surface area contributed by atoms with E-state index in [9.17, 15) is 9.59 Å². The number of hydrogen-bond donors (Lipinski definition) is 0. The molecule has 0 saturated carbocycles. The number of carbonyl (C=O) groups is 2. The molecule has 0 atom stereocenters. The van der Waals surface area contributed by atoms with Crippen LogP contribution in [-0.2, 0) is 20.7 Å². The number of carbonyl (C=O) groups excluding carboxylic acids is 2. The van der Waals surface area contributed by atoms with Gasteiger partial charge in [0.1, 0.15) is 0 Å². The zero-order valence-electron chi connectivity index (χ0n) is 11.2. The molecule has 4 nitrogen and oxygen atoms in total. The smallest absolute Gasteiger partial charge is 0.330 e. The van der Waals surface area contributed by atoms with Gasteiger partial charge in [0.25, 0.3) is 0 Å². The summed E-state index contributed by atoms with van der Waals surface area (Å²) in [6.07, 6.45) is 4.01. The molecule has 0 radical (unpaired) electrons. The Morgan fingerprint density at radius 3 is 2.89 bits per heavy atom. The number of anilines is 1. The van der Waals surface area contributed by atoms with Gasteiger partial charge in [0, 0.05) is 25.2 Å². The monoisotopic (exact) mass is 259 g/mol. The fraction of sp³-hybridized carbons (Fsp3) is 0.333. The van der Waals surface area contributed by atoms with Crippen molar-refractivity contribution in [1.29, 1.82) is 0 Å². The van der Waals surface area contributed by atoms with Gasteiger partial charge in [-0.3, -0.25) is 4.79 Å². The molecule has 19 heavy (non-hydrogen) atoms. The Hall–Kier alpha value is -2.10. The number of hydrogen-bond acceptors (Lipinski definition) is 3. The summed E-state index contributed by atoms with van der Waals surface area (Å²) in [5.74, 6) is -0.276. The molecule has 1 aliphatic heterocycles. The van der Waals surface area contributed by atoms with Gasteiger partial charge < -0.3 is 9.64 Å². The van der Waals surface area contributed by atoms with Crippen molar-refractivity contribution in [2.75, 3.05) is 18.1 Å². The van der Waals surface area contributed by atoms with E-state index in [0.717, 1.165) is 29.8 Å². The van der Waals surface area contributed by atoms with E-state index in [2.05, 4.69) is 0 Å². The van der Waals surface area contributed by atoms with Crippen LogP contribution in [0.4, 0.5) is 5.69 Å². The van der Waals surface area contributed by atoms with E-state index in [0.29, 0.717) is 6.61 Å². The van der Waals surface area contributed by atoms with Crippen molar-refractivity contribution in [2.24, 2.45) is 0 Å². The number of esters is 1. The lowest BCUT2D eigenvalue weighted by Crippen LogP contribution is -2.25. The average molecular weight is 259 g/mol. The SMILES string of the molecule is CCOC(=O)C=Cc1ccc2c(c1)CCN2C(C)=O. The molecular formula is C15H17NO3. The minimum Gasteiger partial charge on any atom is -0.463 e. The van der Waals surface area contributed by atoms with Crippen LogP contribution in [0.3, 0.4) is 0 Å². The maximum Gasteiger partial charge on any atom is 0.330 e. The van der Waals surface area contributed by atoms with E-state index in [1.54, 1.807) is 24.8 Å². The second-order valence-corrected chi connectivity index (χ2v) is 4.39. The lowest BCUT2D eigenvalue weighted by molar-refractivity contribution is -0.137. The molecule has 4 heteroatoms. The first-order chi connectivity index (χ1) is 9.11. The van der Waals surface area contributed by atoms with Gasteiger partial charge in [-0.05, 0) is 42.7 Å². The second kappa shape index (κ2) is 5.69. The first kappa shape index (κ1) is 13.3. The van der Waals surface area contributed by atoms with Crippen molar-refractivity contribution in [2.45, 2.75) is 20.3 Å². The van der Waals surface area contributed by atoms with Crippen LogP contribution in [0.2, 0.25) is 0 Å². The molecule has 100 valence electrons. The maximum absolute atomic E-state index is 11.4. The molecule has 1 aromatic carbocycles. The maximum atomic E-state index is 11.4. The van der Waals surface area contributed by atoms with Crippen LogP contribution in [-0.4, -0.2) is 25.0 Å². The summed E-state index contributed by atoms with van der Waals surface area (Å²) in [6, 6.07) is 5.83. The first-order valence-electron chi connectivity index (χ1n) is 6.37. The van der Waals surface area contributed by atoms with Gasteiger partial charge in [-0.1, -0.05) is 6.07 Å². The average Bonchev–Trinajstić information content (AvgIpc) is 2.79. The standard InChI is InChI=1S/C15H17NO3/c1-3-19-15(18)7-5-12-4-6-14-13(10-12)8-9-16(14)11(2)17/h4-7,10H,3,8-9H2,1-2H3. The molecule has 1 amide bonds. The van der Waals surface area contributed by atoms with Crippen molar-refractivity contribution >= 4 is 23.6 Å². The number of benzene rings is 1. The van der Waals surface area contributed by atoms with Crippen LogP contribution >= 0.6 is 0 Å². The van der Waals surface area contributed by atoms with Gasteiger partial charge in [0.2, 0.25) is 5.91 Å². The number of rotatable bonds is 3. The number of ether oxygens (including phenoxy) is 1. The second-order valence-electron chi connectivity index (χ2n) is 4.39. The molecule has 0 aromatic heterocycles. The zero-order chi connectivity index (χ0) is 13.8. The highest BCUT2D eigenvalue weighted by atomic mass is 16.5. The van der Waals surface area contributed by atoms with Crippen molar-refractivity contribution in [3.63, 3.8) is 0 Å². The summed E-state index contributed by atoms with van der Waals surface area (Å²) in [6.45, 7) is 4.46. The summed E-state index contributed by atoms with van der Waals surface area (Å²) in [5.41, 5.74) is 3.05. The van der Waals surface area contributed by atoms with Gasteiger partial charge in [-0.25, -0.2) is 4.79 Å². The van der Waals surface area contributed by atoms with E-state index in [1.165, 1.54) is 6.08 Å². The van der Waals surface area contributed by atoms with Crippen LogP contribution in [0, 0.1) is 0 Å². The van der Waals surface area contributed by atoms with Crippen molar-refractivity contribution in [3.8, 4) is 0 Å². The van der Waals surface area contributed by atoms with Gasteiger partial charge in [0.15, 0.2) is 0 Å². The summed E-state index contributed by atoms with van der Waals surface area (Å²) in [5, 5.41) is 0. The summed E-state index contributed by atoms with van der Waals surface area (Å²) < 4.78 is 4.83. The molecule has 0 spiro atoms. The summed E-state index contributed by atoms with van der Waals surface area (Å²) in [4.78, 5) is 24.4. The summed E-state index contributed by atoms with van der Waals surface area (Å²) >= 11 is 0. The Morgan fingerprint density at radius 1 is 1.42 bits per heavy atom. The number of nitrogens with zero attached hydrogens (tertiary/aromatic N) is 1. The minimum absolute atomic E-state index is 0.0635. The van der Waals surface area contributed by atoms with Crippen molar-refractivity contribution < 1.29 is 14.3 Å². The normalized spacial score (nSPS) is 13.7. The van der Waals surface area contributed by atoms with E-state index in [-0.39, 0.29) is 11.9 Å². The number of amides is 1. The predicted octanol–water partition coefficient (Wildman–Crippen LogP) is 2.17. The van der Waals surface area contributed by atoms with Crippen molar-refractivity contribution in [3.05, 3.63) is 35.4 Å². The predicted molar refractivity (Wildman–Crippen MR) is 73.8 cm³/mol. The number of fused-ring (bicyclic) bond motifs is 1. The Morgan fingerprint density at radius 2 is 2.21 bits per heavy atom. The third-order valence-electron chi connectivity index (χ3n) is 3.08. The lowest BCUT2D eigenvalue weighted by Gasteiger charge is -2.14. The Kier molecular flexibility index (Phi) is 4.00. The molecule has 0 bridgehead atoms. The molecule has 1 heterocycles. The fourth-order valence-corrected chi connectivity index (χ4v) is 2.21. The molecule has 0 fully saturated rings. The third kappa shape index (κ3) is 3.02. The summed E-state index contributed by atoms with van der Waals surface area (Å²) in [7, 11) is 0. The van der Waals surface area contributed by atoms with Crippen LogP contribution in [0.1, 0.15) is 25.0 Å². The zero-order valence-corrected chi connectivity index (χ0v) is 11.2. The fourth-order valence-electron chi connectivity index (χ4n) is 2.21. The molecule has 0 unspecified atom stereocenters. The molecule has 0 N–H and O–H groups in total. The first-order valence-corrected chi connectivity index (χ1v) is 6.37. The van der Waals surface area contributed by atoms with Gasteiger partial charge in [-0.15, -0.1) is 0 Å². The Bertz CT molecular complexity index is 534. The van der Waals surface area contributed by atoms with Gasteiger partial charge >= 0.3 is 5.97 Å². The van der Waals surface area contributed by atoms with E-state index in [4.69, 9.17) is 4.74 Å². The highest BCUT2D eigenvalue weighted by Crippen LogP contribution is 2.29. The Balaban J connectivity index is 2.15. The third-order valence-corrected chi connectivity index (χ3v) is 3.08. The van der Waals surface area contributed by atoms with Gasteiger partial charge in [0.05, 0.1) is 6.61 Å². The molecule has 2 rings (SSSR count). The van der Waals surface area contributed by atoms with Crippen LogP contribution < -0.4 is 4.90 Å².